The number of anilines is 2. The van der Waals surface area contributed by atoms with Gasteiger partial charge in [-0.25, -0.2) is 9.18 Å². The molecule has 0 spiro atoms. The van der Waals surface area contributed by atoms with Crippen LogP contribution < -0.4 is 10.6 Å². The number of nitrogens with one attached hydrogen (secondary N) is 2. The third-order valence-electron chi connectivity index (χ3n) is 4.05. The van der Waals surface area contributed by atoms with E-state index in [9.17, 15) is 18.8 Å². The van der Waals surface area contributed by atoms with E-state index in [1.807, 2.05) is 0 Å². The SMILES string of the molecule is COC(=O)c1ccc(NC(=O)c2cccc(C(=O)Nc3ccc(F)cc3)c2)cc1. The van der Waals surface area contributed by atoms with Crippen LogP contribution in [0.5, 0.6) is 0 Å². The Balaban J connectivity index is 1.69. The summed E-state index contributed by atoms with van der Waals surface area (Å²) in [7, 11) is 1.29. The highest BCUT2D eigenvalue weighted by molar-refractivity contribution is 6.08. The van der Waals surface area contributed by atoms with Gasteiger partial charge in [-0.1, -0.05) is 6.07 Å². The Kier molecular flexibility index (Phi) is 5.99. The van der Waals surface area contributed by atoms with Gasteiger partial charge in [-0.2, -0.15) is 0 Å². The van der Waals surface area contributed by atoms with Gasteiger partial charge in [-0.15, -0.1) is 0 Å². The van der Waals surface area contributed by atoms with Crippen molar-refractivity contribution in [2.24, 2.45) is 0 Å². The van der Waals surface area contributed by atoms with Gasteiger partial charge < -0.3 is 15.4 Å². The molecule has 3 rings (SSSR count). The summed E-state index contributed by atoms with van der Waals surface area (Å²) in [6.07, 6.45) is 0. The van der Waals surface area contributed by atoms with E-state index in [4.69, 9.17) is 0 Å². The molecule has 2 N–H and O–H groups in total. The van der Waals surface area contributed by atoms with Crippen LogP contribution in [0.3, 0.4) is 0 Å². The topological polar surface area (TPSA) is 84.5 Å². The van der Waals surface area contributed by atoms with Gasteiger partial charge in [0.1, 0.15) is 5.82 Å². The van der Waals surface area contributed by atoms with Gasteiger partial charge in [-0.05, 0) is 66.7 Å². The minimum absolute atomic E-state index is 0.281. The van der Waals surface area contributed by atoms with Crippen molar-refractivity contribution in [1.82, 2.24) is 0 Å². The van der Waals surface area contributed by atoms with Crippen LogP contribution in [0.4, 0.5) is 15.8 Å². The van der Waals surface area contributed by atoms with Crippen molar-refractivity contribution in [3.8, 4) is 0 Å². The first-order valence-corrected chi connectivity index (χ1v) is 8.63. The first kappa shape index (κ1) is 19.8. The molecule has 7 heteroatoms. The number of amides is 2. The quantitative estimate of drug-likeness (QED) is 0.640. The molecule has 146 valence electrons. The predicted molar refractivity (Wildman–Crippen MR) is 107 cm³/mol. The second kappa shape index (κ2) is 8.79. The second-order valence-corrected chi connectivity index (χ2v) is 6.06. The summed E-state index contributed by atoms with van der Waals surface area (Å²) in [5, 5.41) is 5.34. The van der Waals surface area contributed by atoms with Crippen molar-refractivity contribution in [3.63, 3.8) is 0 Å². The van der Waals surface area contributed by atoms with E-state index >= 15 is 0 Å². The minimum Gasteiger partial charge on any atom is -0.465 e. The lowest BCUT2D eigenvalue weighted by Gasteiger charge is -2.09. The molecule has 0 aliphatic heterocycles. The molecule has 0 atom stereocenters. The van der Waals surface area contributed by atoms with Gasteiger partial charge >= 0.3 is 5.97 Å². The highest BCUT2D eigenvalue weighted by Gasteiger charge is 2.12. The normalized spacial score (nSPS) is 10.1. The number of ether oxygens (including phenoxy) is 1. The molecule has 0 fully saturated rings. The molecule has 6 nitrogen and oxygen atoms in total. The van der Waals surface area contributed by atoms with E-state index in [2.05, 4.69) is 15.4 Å². The fourth-order valence-electron chi connectivity index (χ4n) is 2.55. The van der Waals surface area contributed by atoms with Crippen molar-refractivity contribution in [2.45, 2.75) is 0 Å². The molecule has 2 amide bonds. The Morgan fingerprint density at radius 2 is 1.21 bits per heavy atom. The fraction of sp³-hybridized carbons (Fsp3) is 0.0455. The van der Waals surface area contributed by atoms with Crippen molar-refractivity contribution >= 4 is 29.2 Å². The lowest BCUT2D eigenvalue weighted by molar-refractivity contribution is 0.0600. The number of carbonyl (C=O) groups is 3. The first-order valence-electron chi connectivity index (χ1n) is 8.63. The molecule has 0 saturated heterocycles. The molecule has 3 aromatic carbocycles. The number of rotatable bonds is 5. The fourth-order valence-corrected chi connectivity index (χ4v) is 2.55. The standard InChI is InChI=1S/C22H17FN2O4/c1-29-22(28)14-5-9-18(10-6-14)24-20(26)15-3-2-4-16(13-15)21(27)25-19-11-7-17(23)8-12-19/h2-13H,1H3,(H,24,26)(H,25,27). The Morgan fingerprint density at radius 1 is 0.724 bits per heavy atom. The Labute approximate surface area is 166 Å². The summed E-state index contributed by atoms with van der Waals surface area (Å²) < 4.78 is 17.6. The van der Waals surface area contributed by atoms with Gasteiger partial charge in [0.05, 0.1) is 12.7 Å². The molecule has 3 aromatic rings. The number of halogens is 1. The Morgan fingerprint density at radius 3 is 1.69 bits per heavy atom. The van der Waals surface area contributed by atoms with Gasteiger partial charge in [0, 0.05) is 22.5 Å². The van der Waals surface area contributed by atoms with E-state index in [0.717, 1.165) is 0 Å². The molecule has 0 bridgehead atoms. The summed E-state index contributed by atoms with van der Waals surface area (Å²) in [5.41, 5.74) is 1.86. The van der Waals surface area contributed by atoms with Gasteiger partial charge in [0.2, 0.25) is 0 Å². The minimum atomic E-state index is -0.470. The molecular formula is C22H17FN2O4. The Bertz CT molecular complexity index is 1050. The van der Waals surface area contributed by atoms with Crippen LogP contribution in [0.15, 0.2) is 72.8 Å². The summed E-state index contributed by atoms with van der Waals surface area (Å²) >= 11 is 0. The second-order valence-electron chi connectivity index (χ2n) is 6.06. The number of benzene rings is 3. The number of esters is 1. The largest absolute Gasteiger partial charge is 0.465 e. The molecule has 0 aliphatic rings. The number of hydrogen-bond acceptors (Lipinski definition) is 4. The van der Waals surface area contributed by atoms with Gasteiger partial charge in [0.15, 0.2) is 0 Å². The molecule has 0 unspecified atom stereocenters. The van der Waals surface area contributed by atoms with Crippen LogP contribution in [0.1, 0.15) is 31.1 Å². The monoisotopic (exact) mass is 392 g/mol. The van der Waals surface area contributed by atoms with Crippen molar-refractivity contribution in [2.75, 3.05) is 17.7 Å². The lowest BCUT2D eigenvalue weighted by atomic mass is 10.1. The van der Waals surface area contributed by atoms with E-state index in [1.165, 1.54) is 49.6 Å². The molecule has 0 aliphatic carbocycles. The van der Waals surface area contributed by atoms with E-state index < -0.39 is 23.6 Å². The molecule has 0 aromatic heterocycles. The average molecular weight is 392 g/mol. The number of methoxy groups -OCH3 is 1. The van der Waals surface area contributed by atoms with E-state index in [-0.39, 0.29) is 11.1 Å². The summed E-state index contributed by atoms with van der Waals surface area (Å²) in [6, 6.07) is 17.8. The zero-order valence-electron chi connectivity index (χ0n) is 15.4. The van der Waals surface area contributed by atoms with Gasteiger partial charge in [0.25, 0.3) is 11.8 Å². The molecular weight excluding hydrogens is 375 g/mol. The summed E-state index contributed by atoms with van der Waals surface area (Å²) in [6.45, 7) is 0. The maximum absolute atomic E-state index is 13.0. The van der Waals surface area contributed by atoms with E-state index in [1.54, 1.807) is 30.3 Å². The summed E-state index contributed by atoms with van der Waals surface area (Å²) in [4.78, 5) is 36.3. The maximum Gasteiger partial charge on any atom is 0.337 e. The van der Waals surface area contributed by atoms with Crippen molar-refractivity contribution < 1.29 is 23.5 Å². The average Bonchev–Trinajstić information content (AvgIpc) is 2.75. The Hall–Kier alpha value is -4.00. The van der Waals surface area contributed by atoms with Gasteiger partial charge in [-0.3, -0.25) is 9.59 Å². The predicted octanol–water partition coefficient (Wildman–Crippen LogP) is 4.12. The zero-order valence-corrected chi connectivity index (χ0v) is 15.4. The van der Waals surface area contributed by atoms with Crippen LogP contribution in [0, 0.1) is 5.82 Å². The highest BCUT2D eigenvalue weighted by Crippen LogP contribution is 2.15. The molecule has 0 radical (unpaired) electrons. The lowest BCUT2D eigenvalue weighted by Crippen LogP contribution is -2.15. The van der Waals surface area contributed by atoms with E-state index in [0.29, 0.717) is 16.9 Å². The zero-order chi connectivity index (χ0) is 20.8. The molecule has 0 heterocycles. The van der Waals surface area contributed by atoms with Crippen LogP contribution in [-0.2, 0) is 4.74 Å². The van der Waals surface area contributed by atoms with Crippen molar-refractivity contribution in [1.29, 1.82) is 0 Å². The summed E-state index contributed by atoms with van der Waals surface area (Å²) in [5.74, 6) is -1.70. The third-order valence-corrected chi connectivity index (χ3v) is 4.05. The van der Waals surface area contributed by atoms with Crippen LogP contribution in [0.25, 0.3) is 0 Å². The highest BCUT2D eigenvalue weighted by atomic mass is 19.1. The third kappa shape index (κ3) is 5.04. The van der Waals surface area contributed by atoms with Crippen molar-refractivity contribution in [3.05, 3.63) is 95.3 Å². The smallest absolute Gasteiger partial charge is 0.337 e. The molecule has 0 saturated carbocycles. The maximum atomic E-state index is 13.0. The first-order chi connectivity index (χ1) is 14.0. The number of carbonyl (C=O) groups excluding carboxylic acids is 3. The number of hydrogen-bond donors (Lipinski definition) is 2. The van der Waals surface area contributed by atoms with Crippen LogP contribution >= 0.6 is 0 Å². The van der Waals surface area contributed by atoms with Crippen LogP contribution in [-0.4, -0.2) is 24.9 Å². The molecule has 29 heavy (non-hydrogen) atoms. The van der Waals surface area contributed by atoms with Crippen LogP contribution in [0.2, 0.25) is 0 Å².